The number of benzene rings is 1. The molecule has 0 spiro atoms. The van der Waals surface area contributed by atoms with Gasteiger partial charge in [0.25, 0.3) is 0 Å². The molecule has 0 fully saturated rings. The summed E-state index contributed by atoms with van der Waals surface area (Å²) >= 11 is 0. The third-order valence-corrected chi connectivity index (χ3v) is 2.74. The number of rotatable bonds is 8. The van der Waals surface area contributed by atoms with E-state index in [-0.39, 0.29) is 11.7 Å². The van der Waals surface area contributed by atoms with Gasteiger partial charge in [-0.2, -0.15) is 5.26 Å². The number of nitrogens with zero attached hydrogens (tertiary/aromatic N) is 1. The average Bonchev–Trinajstić information content (AvgIpc) is 2.51. The maximum absolute atomic E-state index is 11.9. The molecule has 1 aromatic rings. The lowest BCUT2D eigenvalue weighted by molar-refractivity contribution is -0.142. The van der Waals surface area contributed by atoms with E-state index >= 15 is 0 Å². The van der Waals surface area contributed by atoms with E-state index in [2.05, 4.69) is 0 Å². The van der Waals surface area contributed by atoms with E-state index in [0.717, 1.165) is 6.42 Å². The Hall–Kier alpha value is -2.48. The first-order valence-corrected chi connectivity index (χ1v) is 7.74. The topological polar surface area (TPSA) is 68.5 Å². The van der Waals surface area contributed by atoms with Gasteiger partial charge in [-0.3, -0.25) is 0 Å². The normalized spacial score (nSPS) is 11.0. The molecule has 0 saturated heterocycles. The Morgan fingerprint density at radius 1 is 1.30 bits per heavy atom. The first-order valence-electron chi connectivity index (χ1n) is 7.74. The molecule has 0 unspecified atom stereocenters. The lowest BCUT2D eigenvalue weighted by Gasteiger charge is -2.14. The van der Waals surface area contributed by atoms with E-state index in [1.807, 2.05) is 19.9 Å². The van der Waals surface area contributed by atoms with Gasteiger partial charge in [-0.05, 0) is 39.3 Å². The standard InChI is InChI=1S/C18H23NO4/c1-5-10-22-17-14(8-7-9-16(17)21-6-2)11-15(12-19)18(20)23-13(3)4/h7-9,11,13H,5-6,10H2,1-4H3. The molecule has 0 aliphatic carbocycles. The highest BCUT2D eigenvalue weighted by Crippen LogP contribution is 2.33. The van der Waals surface area contributed by atoms with Crippen LogP contribution in [0.25, 0.3) is 6.08 Å². The first-order chi connectivity index (χ1) is 11.0. The summed E-state index contributed by atoms with van der Waals surface area (Å²) in [5, 5.41) is 9.22. The summed E-state index contributed by atoms with van der Waals surface area (Å²) in [6.07, 6.45) is 2.02. The fraction of sp³-hybridized carbons (Fsp3) is 0.444. The molecule has 1 rings (SSSR count). The molecule has 5 heteroatoms. The molecule has 0 aliphatic heterocycles. The number of carbonyl (C=O) groups is 1. The van der Waals surface area contributed by atoms with Crippen molar-refractivity contribution in [2.45, 2.75) is 40.2 Å². The number of ether oxygens (including phenoxy) is 3. The third kappa shape index (κ3) is 5.67. The van der Waals surface area contributed by atoms with Crippen molar-refractivity contribution >= 4 is 12.0 Å². The van der Waals surface area contributed by atoms with Crippen molar-refractivity contribution in [2.75, 3.05) is 13.2 Å². The van der Waals surface area contributed by atoms with E-state index in [0.29, 0.717) is 30.3 Å². The number of hydrogen-bond donors (Lipinski definition) is 0. The monoisotopic (exact) mass is 317 g/mol. The number of nitriles is 1. The Morgan fingerprint density at radius 2 is 2.04 bits per heavy atom. The minimum Gasteiger partial charge on any atom is -0.490 e. The van der Waals surface area contributed by atoms with Gasteiger partial charge >= 0.3 is 5.97 Å². The Kier molecular flexibility index (Phi) is 7.69. The molecule has 0 aromatic heterocycles. The van der Waals surface area contributed by atoms with Crippen LogP contribution in [0.3, 0.4) is 0 Å². The van der Waals surface area contributed by atoms with E-state index < -0.39 is 5.97 Å². The van der Waals surface area contributed by atoms with E-state index in [4.69, 9.17) is 14.2 Å². The molecule has 0 atom stereocenters. The molecular weight excluding hydrogens is 294 g/mol. The molecule has 5 nitrogen and oxygen atoms in total. The second kappa shape index (κ2) is 9.52. The lowest BCUT2D eigenvalue weighted by Crippen LogP contribution is -2.12. The number of carbonyl (C=O) groups excluding carboxylic acids is 1. The van der Waals surface area contributed by atoms with Crippen LogP contribution in [0.1, 0.15) is 39.7 Å². The van der Waals surface area contributed by atoms with Crippen molar-refractivity contribution in [3.05, 3.63) is 29.3 Å². The predicted molar refractivity (Wildman–Crippen MR) is 88.2 cm³/mol. The first kappa shape index (κ1) is 18.6. The Bertz CT molecular complexity index is 600. The van der Waals surface area contributed by atoms with Gasteiger partial charge in [-0.1, -0.05) is 19.1 Å². The molecule has 0 amide bonds. The number of para-hydroxylation sites is 1. The molecule has 0 radical (unpaired) electrons. The molecule has 124 valence electrons. The van der Waals surface area contributed by atoms with Crippen LogP contribution >= 0.6 is 0 Å². The Morgan fingerprint density at radius 3 is 2.61 bits per heavy atom. The van der Waals surface area contributed by atoms with Crippen LogP contribution < -0.4 is 9.47 Å². The molecule has 23 heavy (non-hydrogen) atoms. The zero-order valence-electron chi connectivity index (χ0n) is 14.1. The van der Waals surface area contributed by atoms with Crippen LogP contribution in [-0.2, 0) is 9.53 Å². The van der Waals surface area contributed by atoms with Crippen molar-refractivity contribution in [3.8, 4) is 17.6 Å². The van der Waals surface area contributed by atoms with Crippen molar-refractivity contribution in [1.82, 2.24) is 0 Å². The van der Waals surface area contributed by atoms with Crippen LogP contribution in [0.2, 0.25) is 0 Å². The van der Waals surface area contributed by atoms with E-state index in [1.54, 1.807) is 32.0 Å². The summed E-state index contributed by atoms with van der Waals surface area (Å²) in [4.78, 5) is 11.9. The van der Waals surface area contributed by atoms with Crippen LogP contribution in [0.15, 0.2) is 23.8 Å². The van der Waals surface area contributed by atoms with Gasteiger partial charge in [0.2, 0.25) is 0 Å². The Labute approximate surface area is 137 Å². The maximum Gasteiger partial charge on any atom is 0.349 e. The van der Waals surface area contributed by atoms with Crippen LogP contribution in [0, 0.1) is 11.3 Å². The number of hydrogen-bond acceptors (Lipinski definition) is 5. The molecule has 0 bridgehead atoms. The highest BCUT2D eigenvalue weighted by atomic mass is 16.5. The van der Waals surface area contributed by atoms with Crippen LogP contribution in [-0.4, -0.2) is 25.3 Å². The summed E-state index contributed by atoms with van der Waals surface area (Å²) < 4.78 is 16.4. The van der Waals surface area contributed by atoms with Crippen molar-refractivity contribution in [3.63, 3.8) is 0 Å². The number of esters is 1. The largest absolute Gasteiger partial charge is 0.490 e. The van der Waals surface area contributed by atoms with Crippen LogP contribution in [0.4, 0.5) is 0 Å². The second-order valence-corrected chi connectivity index (χ2v) is 5.08. The molecule has 0 saturated carbocycles. The highest BCUT2D eigenvalue weighted by Gasteiger charge is 2.16. The molecule has 1 aromatic carbocycles. The fourth-order valence-electron chi connectivity index (χ4n) is 1.84. The molecule has 0 aliphatic rings. The van der Waals surface area contributed by atoms with Gasteiger partial charge in [-0.15, -0.1) is 0 Å². The summed E-state index contributed by atoms with van der Waals surface area (Å²) in [6.45, 7) is 8.36. The van der Waals surface area contributed by atoms with E-state index in [1.165, 1.54) is 6.08 Å². The van der Waals surface area contributed by atoms with Crippen molar-refractivity contribution < 1.29 is 19.0 Å². The highest BCUT2D eigenvalue weighted by molar-refractivity contribution is 5.98. The molecular formula is C18H23NO4. The van der Waals surface area contributed by atoms with Gasteiger partial charge < -0.3 is 14.2 Å². The predicted octanol–water partition coefficient (Wildman–Crippen LogP) is 3.73. The van der Waals surface area contributed by atoms with Gasteiger partial charge in [0.1, 0.15) is 11.6 Å². The summed E-state index contributed by atoms with van der Waals surface area (Å²) in [7, 11) is 0. The minimum absolute atomic E-state index is 0.0753. The fourth-order valence-corrected chi connectivity index (χ4v) is 1.84. The molecule has 0 heterocycles. The van der Waals surface area contributed by atoms with E-state index in [9.17, 15) is 10.1 Å². The zero-order valence-corrected chi connectivity index (χ0v) is 14.1. The quantitative estimate of drug-likeness (QED) is 0.415. The summed E-state index contributed by atoms with van der Waals surface area (Å²) in [5.41, 5.74) is 0.537. The molecule has 0 N–H and O–H groups in total. The van der Waals surface area contributed by atoms with Gasteiger partial charge in [0.05, 0.1) is 19.3 Å². The van der Waals surface area contributed by atoms with Crippen LogP contribution in [0.5, 0.6) is 11.5 Å². The smallest absolute Gasteiger partial charge is 0.349 e. The summed E-state index contributed by atoms with van der Waals surface area (Å²) in [6, 6.07) is 7.24. The van der Waals surface area contributed by atoms with Crippen molar-refractivity contribution in [1.29, 1.82) is 5.26 Å². The average molecular weight is 317 g/mol. The Balaban J connectivity index is 3.23. The second-order valence-electron chi connectivity index (χ2n) is 5.08. The van der Waals surface area contributed by atoms with Gasteiger partial charge in [0, 0.05) is 5.56 Å². The zero-order chi connectivity index (χ0) is 17.2. The maximum atomic E-state index is 11.9. The van der Waals surface area contributed by atoms with Gasteiger partial charge in [-0.25, -0.2) is 4.79 Å². The summed E-state index contributed by atoms with van der Waals surface area (Å²) in [5.74, 6) is 0.469. The third-order valence-electron chi connectivity index (χ3n) is 2.74. The van der Waals surface area contributed by atoms with Gasteiger partial charge in [0.15, 0.2) is 11.5 Å². The van der Waals surface area contributed by atoms with Crippen molar-refractivity contribution in [2.24, 2.45) is 0 Å². The SMILES string of the molecule is CCCOc1c(C=C(C#N)C(=O)OC(C)C)cccc1OCC. The lowest BCUT2D eigenvalue weighted by atomic mass is 10.1. The minimum atomic E-state index is -0.647.